The van der Waals surface area contributed by atoms with Crippen LogP contribution in [-0.4, -0.2) is 11.2 Å². The van der Waals surface area contributed by atoms with Crippen molar-refractivity contribution in [1.29, 1.82) is 0 Å². The van der Waals surface area contributed by atoms with Crippen LogP contribution in [0.4, 0.5) is 0 Å². The molecule has 0 amide bonds. The standard InChI is InChI=1S/C9H16O/c1-6(2)8-5-4-7(3)9(8)10/h7-10H,1,4-5H2,2-3H3/t7-,8-,9-/m0/s1. The summed E-state index contributed by atoms with van der Waals surface area (Å²) in [6.45, 7) is 7.97. The highest BCUT2D eigenvalue weighted by Crippen LogP contribution is 2.34. The van der Waals surface area contributed by atoms with Crippen molar-refractivity contribution in [2.45, 2.75) is 32.8 Å². The van der Waals surface area contributed by atoms with Crippen LogP contribution in [0.5, 0.6) is 0 Å². The van der Waals surface area contributed by atoms with Crippen molar-refractivity contribution in [3.8, 4) is 0 Å². The SMILES string of the molecule is C=C(C)[C@@H]1CC[C@H](C)[C@@H]1O. The third kappa shape index (κ3) is 1.24. The van der Waals surface area contributed by atoms with Crippen molar-refractivity contribution < 1.29 is 5.11 Å². The summed E-state index contributed by atoms with van der Waals surface area (Å²) in [6, 6.07) is 0. The van der Waals surface area contributed by atoms with Crippen molar-refractivity contribution in [3.05, 3.63) is 12.2 Å². The second kappa shape index (κ2) is 2.75. The van der Waals surface area contributed by atoms with E-state index in [1.165, 1.54) is 0 Å². The van der Waals surface area contributed by atoms with Gasteiger partial charge in [-0.15, -0.1) is 0 Å². The lowest BCUT2D eigenvalue weighted by molar-refractivity contribution is 0.111. The van der Waals surface area contributed by atoms with Crippen molar-refractivity contribution in [1.82, 2.24) is 0 Å². The van der Waals surface area contributed by atoms with Gasteiger partial charge >= 0.3 is 0 Å². The molecule has 0 radical (unpaired) electrons. The molecule has 1 rings (SSSR count). The molecular formula is C9H16O. The normalized spacial score (nSPS) is 40.1. The molecule has 1 heteroatoms. The van der Waals surface area contributed by atoms with Gasteiger partial charge in [-0.25, -0.2) is 0 Å². The number of hydrogen-bond acceptors (Lipinski definition) is 1. The van der Waals surface area contributed by atoms with Crippen LogP contribution in [0, 0.1) is 11.8 Å². The number of hydrogen-bond donors (Lipinski definition) is 1. The van der Waals surface area contributed by atoms with Crippen LogP contribution < -0.4 is 0 Å². The van der Waals surface area contributed by atoms with Gasteiger partial charge in [-0.05, 0) is 25.7 Å². The molecule has 1 N–H and O–H groups in total. The predicted octanol–water partition coefficient (Wildman–Crippen LogP) is 1.97. The van der Waals surface area contributed by atoms with Crippen molar-refractivity contribution in [3.63, 3.8) is 0 Å². The summed E-state index contributed by atoms with van der Waals surface area (Å²) >= 11 is 0. The van der Waals surface area contributed by atoms with Crippen LogP contribution >= 0.6 is 0 Å². The first-order chi connectivity index (χ1) is 4.63. The van der Waals surface area contributed by atoms with Crippen LogP contribution in [0.25, 0.3) is 0 Å². The smallest absolute Gasteiger partial charge is 0.0630 e. The molecule has 0 unspecified atom stereocenters. The zero-order valence-corrected chi connectivity index (χ0v) is 6.80. The van der Waals surface area contributed by atoms with E-state index in [4.69, 9.17) is 0 Å². The van der Waals surface area contributed by atoms with Gasteiger partial charge in [0.1, 0.15) is 0 Å². The van der Waals surface area contributed by atoms with E-state index in [2.05, 4.69) is 13.5 Å². The van der Waals surface area contributed by atoms with Gasteiger partial charge in [0.25, 0.3) is 0 Å². The van der Waals surface area contributed by atoms with E-state index < -0.39 is 0 Å². The van der Waals surface area contributed by atoms with E-state index in [9.17, 15) is 5.11 Å². The molecule has 3 atom stereocenters. The Bertz CT molecular complexity index is 140. The van der Waals surface area contributed by atoms with E-state index in [1.807, 2.05) is 6.92 Å². The fourth-order valence-corrected chi connectivity index (χ4v) is 1.72. The minimum absolute atomic E-state index is 0.127. The Balaban J connectivity index is 2.57. The summed E-state index contributed by atoms with van der Waals surface area (Å²) in [7, 11) is 0. The minimum Gasteiger partial charge on any atom is -0.392 e. The molecule has 58 valence electrons. The Morgan fingerprint density at radius 3 is 2.30 bits per heavy atom. The van der Waals surface area contributed by atoms with Crippen LogP contribution in [-0.2, 0) is 0 Å². The van der Waals surface area contributed by atoms with E-state index >= 15 is 0 Å². The lowest BCUT2D eigenvalue weighted by Crippen LogP contribution is -2.19. The molecule has 1 fully saturated rings. The summed E-state index contributed by atoms with van der Waals surface area (Å²) in [4.78, 5) is 0. The number of rotatable bonds is 1. The molecule has 1 saturated carbocycles. The topological polar surface area (TPSA) is 20.2 Å². The maximum atomic E-state index is 9.57. The first kappa shape index (κ1) is 7.80. The zero-order chi connectivity index (χ0) is 7.72. The van der Waals surface area contributed by atoms with Crippen molar-refractivity contribution in [2.24, 2.45) is 11.8 Å². The maximum Gasteiger partial charge on any atom is 0.0630 e. The van der Waals surface area contributed by atoms with Gasteiger partial charge in [-0.3, -0.25) is 0 Å². The van der Waals surface area contributed by atoms with Gasteiger partial charge in [0.2, 0.25) is 0 Å². The molecule has 0 aromatic heterocycles. The fourth-order valence-electron chi connectivity index (χ4n) is 1.72. The molecule has 0 aliphatic heterocycles. The third-order valence-corrected chi connectivity index (χ3v) is 2.56. The van der Waals surface area contributed by atoms with E-state index in [1.54, 1.807) is 0 Å². The summed E-state index contributed by atoms with van der Waals surface area (Å²) in [5.74, 6) is 0.844. The first-order valence-corrected chi connectivity index (χ1v) is 3.96. The Kier molecular flexibility index (Phi) is 2.14. The van der Waals surface area contributed by atoms with E-state index in [0.717, 1.165) is 18.4 Å². The molecule has 0 aromatic rings. The molecule has 0 saturated heterocycles. The molecule has 0 heterocycles. The molecule has 1 aliphatic rings. The van der Waals surface area contributed by atoms with Crippen LogP contribution in [0.15, 0.2) is 12.2 Å². The zero-order valence-electron chi connectivity index (χ0n) is 6.80. The molecule has 1 nitrogen and oxygen atoms in total. The molecule has 0 aromatic carbocycles. The van der Waals surface area contributed by atoms with Gasteiger partial charge in [-0.2, -0.15) is 0 Å². The fraction of sp³-hybridized carbons (Fsp3) is 0.778. The molecule has 1 aliphatic carbocycles. The Hall–Kier alpha value is -0.300. The number of aliphatic hydroxyl groups is 1. The van der Waals surface area contributed by atoms with Crippen LogP contribution in [0.1, 0.15) is 26.7 Å². The van der Waals surface area contributed by atoms with E-state index in [-0.39, 0.29) is 6.10 Å². The highest BCUT2D eigenvalue weighted by Gasteiger charge is 2.31. The van der Waals surface area contributed by atoms with Gasteiger partial charge < -0.3 is 5.11 Å². The summed E-state index contributed by atoms with van der Waals surface area (Å²) in [5, 5.41) is 9.57. The lowest BCUT2D eigenvalue weighted by atomic mass is 9.96. The second-order valence-electron chi connectivity index (χ2n) is 3.50. The van der Waals surface area contributed by atoms with Crippen molar-refractivity contribution >= 4 is 0 Å². The molecule has 0 spiro atoms. The Morgan fingerprint density at radius 2 is 2.10 bits per heavy atom. The van der Waals surface area contributed by atoms with Crippen molar-refractivity contribution in [2.75, 3.05) is 0 Å². The maximum absolute atomic E-state index is 9.57. The van der Waals surface area contributed by atoms with Crippen LogP contribution in [0.3, 0.4) is 0 Å². The van der Waals surface area contributed by atoms with Crippen LogP contribution in [0.2, 0.25) is 0 Å². The first-order valence-electron chi connectivity index (χ1n) is 3.96. The Labute approximate surface area is 62.8 Å². The van der Waals surface area contributed by atoms with Gasteiger partial charge in [-0.1, -0.05) is 19.1 Å². The summed E-state index contributed by atoms with van der Waals surface area (Å²) in [6.07, 6.45) is 2.15. The molecular weight excluding hydrogens is 124 g/mol. The lowest BCUT2D eigenvalue weighted by Gasteiger charge is -2.16. The average Bonchev–Trinajstić information content (AvgIpc) is 2.14. The highest BCUT2D eigenvalue weighted by atomic mass is 16.3. The van der Waals surface area contributed by atoms with Gasteiger partial charge in [0, 0.05) is 5.92 Å². The van der Waals surface area contributed by atoms with Gasteiger partial charge in [0.15, 0.2) is 0 Å². The third-order valence-electron chi connectivity index (χ3n) is 2.56. The largest absolute Gasteiger partial charge is 0.392 e. The predicted molar refractivity (Wildman–Crippen MR) is 42.7 cm³/mol. The number of aliphatic hydroxyl groups excluding tert-OH is 1. The molecule has 10 heavy (non-hydrogen) atoms. The van der Waals surface area contributed by atoms with E-state index in [0.29, 0.717) is 11.8 Å². The summed E-state index contributed by atoms with van der Waals surface area (Å²) < 4.78 is 0. The highest BCUT2D eigenvalue weighted by molar-refractivity contribution is 5.03. The Morgan fingerprint density at radius 1 is 1.50 bits per heavy atom. The minimum atomic E-state index is -0.127. The molecule has 0 bridgehead atoms. The quantitative estimate of drug-likeness (QED) is 0.552. The summed E-state index contributed by atoms with van der Waals surface area (Å²) in [5.41, 5.74) is 1.14. The average molecular weight is 140 g/mol. The second-order valence-corrected chi connectivity index (χ2v) is 3.50. The monoisotopic (exact) mass is 140 g/mol. The van der Waals surface area contributed by atoms with Gasteiger partial charge in [0.05, 0.1) is 6.10 Å².